The molecule has 1 saturated carbocycles. The molecule has 2 aromatic heterocycles. The number of rotatable bonds is 4. The molecule has 0 aromatic carbocycles. The molecule has 2 N–H and O–H groups in total. The first-order valence-electron chi connectivity index (χ1n) is 8.74. The highest BCUT2D eigenvalue weighted by atomic mass is 35.5. The summed E-state index contributed by atoms with van der Waals surface area (Å²) in [7, 11) is 0. The minimum atomic E-state index is -0.484. The van der Waals surface area contributed by atoms with E-state index < -0.39 is 6.04 Å². The molecule has 26 heavy (non-hydrogen) atoms. The number of H-pyrrole nitrogens is 1. The van der Waals surface area contributed by atoms with Crippen LogP contribution >= 0.6 is 11.6 Å². The van der Waals surface area contributed by atoms with Crippen LogP contribution in [0, 0.1) is 5.41 Å². The highest BCUT2D eigenvalue weighted by Gasteiger charge is 2.45. The van der Waals surface area contributed by atoms with Crippen LogP contribution in [0.3, 0.4) is 0 Å². The Hall–Kier alpha value is -2.35. The largest absolute Gasteiger partial charge is 0.402 e. The van der Waals surface area contributed by atoms with Crippen molar-refractivity contribution in [2.75, 3.05) is 18.4 Å². The predicted molar refractivity (Wildman–Crippen MR) is 95.9 cm³/mol. The van der Waals surface area contributed by atoms with Gasteiger partial charge in [0.25, 0.3) is 5.89 Å². The molecular formula is C17H20ClN5O3. The van der Waals surface area contributed by atoms with Gasteiger partial charge in [-0.3, -0.25) is 9.59 Å². The molecule has 9 heteroatoms. The van der Waals surface area contributed by atoms with Gasteiger partial charge in [-0.2, -0.15) is 0 Å². The molecule has 0 bridgehead atoms. The number of hydrogen-bond acceptors (Lipinski definition) is 6. The molecule has 1 aliphatic carbocycles. The Kier molecular flexibility index (Phi) is 4.22. The number of pyridine rings is 1. The fourth-order valence-electron chi connectivity index (χ4n) is 3.39. The second-order valence-electron chi connectivity index (χ2n) is 7.15. The van der Waals surface area contributed by atoms with E-state index in [1.807, 2.05) is 4.90 Å². The molecule has 3 heterocycles. The minimum absolute atomic E-state index is 0.0198. The molecule has 0 unspecified atom stereocenters. The molecule has 2 fully saturated rings. The predicted octanol–water partition coefficient (Wildman–Crippen LogP) is 2.28. The number of aromatic amines is 1. The number of carbonyl (C=O) groups excluding carboxylic acids is 1. The van der Waals surface area contributed by atoms with E-state index in [2.05, 4.69) is 20.5 Å². The maximum Gasteiger partial charge on any atom is 0.316 e. The molecule has 2 aromatic rings. The van der Waals surface area contributed by atoms with Gasteiger partial charge < -0.3 is 19.6 Å². The SMILES string of the molecule is C[C@H](Nc1nnc(-c2[nH]c(=O)ccc2Cl)o1)C(=O)N1CCC2(CC1)CC2. The number of likely N-dealkylation sites (tertiary alicyclic amines) is 1. The third kappa shape index (κ3) is 3.33. The number of anilines is 1. The van der Waals surface area contributed by atoms with Gasteiger partial charge >= 0.3 is 6.01 Å². The van der Waals surface area contributed by atoms with Gasteiger partial charge in [-0.05, 0) is 44.1 Å². The Labute approximate surface area is 154 Å². The Morgan fingerprint density at radius 3 is 2.73 bits per heavy atom. The summed E-state index contributed by atoms with van der Waals surface area (Å²) in [5, 5.41) is 11.0. The summed E-state index contributed by atoms with van der Waals surface area (Å²) in [5.41, 5.74) is 0.462. The normalized spacial score (nSPS) is 19.4. The van der Waals surface area contributed by atoms with Crippen LogP contribution in [0.15, 0.2) is 21.3 Å². The van der Waals surface area contributed by atoms with Crippen molar-refractivity contribution >= 4 is 23.5 Å². The lowest BCUT2D eigenvalue weighted by Crippen LogP contribution is -2.45. The summed E-state index contributed by atoms with van der Waals surface area (Å²) in [6, 6.07) is 2.40. The van der Waals surface area contributed by atoms with Crippen LogP contribution in [0.1, 0.15) is 32.6 Å². The van der Waals surface area contributed by atoms with Crippen molar-refractivity contribution in [2.45, 2.75) is 38.6 Å². The first kappa shape index (κ1) is 17.1. The van der Waals surface area contributed by atoms with Crippen LogP contribution in [0.2, 0.25) is 5.02 Å². The van der Waals surface area contributed by atoms with Crippen molar-refractivity contribution in [3.8, 4) is 11.6 Å². The molecule has 1 atom stereocenters. The van der Waals surface area contributed by atoms with Crippen molar-refractivity contribution in [1.29, 1.82) is 0 Å². The Morgan fingerprint density at radius 2 is 2.04 bits per heavy atom. The number of nitrogens with one attached hydrogen (secondary N) is 2. The van der Waals surface area contributed by atoms with Gasteiger partial charge in [0.05, 0.1) is 5.02 Å². The quantitative estimate of drug-likeness (QED) is 0.847. The summed E-state index contributed by atoms with van der Waals surface area (Å²) in [4.78, 5) is 28.5. The highest BCUT2D eigenvalue weighted by Crippen LogP contribution is 2.53. The van der Waals surface area contributed by atoms with Gasteiger partial charge in [0.2, 0.25) is 11.5 Å². The highest BCUT2D eigenvalue weighted by molar-refractivity contribution is 6.32. The molecule has 2 aliphatic rings. The summed E-state index contributed by atoms with van der Waals surface area (Å²) in [6.45, 7) is 3.38. The van der Waals surface area contributed by atoms with E-state index >= 15 is 0 Å². The van der Waals surface area contributed by atoms with Gasteiger partial charge in [0.15, 0.2) is 0 Å². The van der Waals surface area contributed by atoms with Crippen molar-refractivity contribution in [2.24, 2.45) is 5.41 Å². The molecule has 1 aliphatic heterocycles. The van der Waals surface area contributed by atoms with Gasteiger partial charge in [0.1, 0.15) is 11.7 Å². The van der Waals surface area contributed by atoms with Crippen LogP contribution in [-0.4, -0.2) is 45.1 Å². The summed E-state index contributed by atoms with van der Waals surface area (Å²) >= 11 is 6.05. The molecule has 138 valence electrons. The third-order valence-electron chi connectivity index (χ3n) is 5.31. The second-order valence-corrected chi connectivity index (χ2v) is 7.56. The molecular weight excluding hydrogens is 358 g/mol. The van der Waals surface area contributed by atoms with E-state index in [4.69, 9.17) is 16.0 Å². The lowest BCUT2D eigenvalue weighted by atomic mass is 9.93. The third-order valence-corrected chi connectivity index (χ3v) is 5.63. The Balaban J connectivity index is 1.41. The van der Waals surface area contributed by atoms with Gasteiger partial charge in [-0.25, -0.2) is 0 Å². The lowest BCUT2D eigenvalue weighted by Gasteiger charge is -2.33. The molecule has 0 radical (unpaired) electrons. The van der Waals surface area contributed by atoms with E-state index in [0.717, 1.165) is 25.9 Å². The van der Waals surface area contributed by atoms with Crippen molar-refractivity contribution < 1.29 is 9.21 Å². The van der Waals surface area contributed by atoms with E-state index in [9.17, 15) is 9.59 Å². The standard InChI is InChI=1S/C17H20ClN5O3/c1-10(15(25)23-8-6-17(4-5-17)7-9-23)19-16-22-21-14(26-16)13-11(18)2-3-12(24)20-13/h2-3,10H,4-9H2,1H3,(H,19,22)(H,20,24)/t10-/m0/s1. The first-order valence-corrected chi connectivity index (χ1v) is 9.12. The summed E-state index contributed by atoms with van der Waals surface area (Å²) < 4.78 is 5.50. The summed E-state index contributed by atoms with van der Waals surface area (Å²) in [5.74, 6) is 0.106. The molecule has 1 spiro atoms. The van der Waals surface area contributed by atoms with Crippen molar-refractivity contribution in [3.05, 3.63) is 27.5 Å². The van der Waals surface area contributed by atoms with Crippen molar-refractivity contribution in [1.82, 2.24) is 20.1 Å². The zero-order valence-electron chi connectivity index (χ0n) is 14.4. The van der Waals surface area contributed by atoms with Crippen LogP contribution in [-0.2, 0) is 4.79 Å². The molecule has 1 saturated heterocycles. The van der Waals surface area contributed by atoms with Gasteiger partial charge in [-0.1, -0.05) is 16.7 Å². The van der Waals surface area contributed by atoms with E-state index in [0.29, 0.717) is 10.4 Å². The zero-order chi connectivity index (χ0) is 18.3. The topological polar surface area (TPSA) is 104 Å². The monoisotopic (exact) mass is 377 g/mol. The number of nitrogens with zero attached hydrogens (tertiary/aromatic N) is 3. The smallest absolute Gasteiger partial charge is 0.316 e. The number of amides is 1. The van der Waals surface area contributed by atoms with Crippen LogP contribution < -0.4 is 10.9 Å². The van der Waals surface area contributed by atoms with Gasteiger partial charge in [-0.15, -0.1) is 5.10 Å². The second kappa shape index (κ2) is 6.42. The summed E-state index contributed by atoms with van der Waals surface area (Å²) in [6.07, 6.45) is 4.79. The lowest BCUT2D eigenvalue weighted by molar-refractivity contribution is -0.133. The number of aromatic nitrogens is 3. The molecule has 8 nitrogen and oxygen atoms in total. The average molecular weight is 378 g/mol. The molecule has 1 amide bonds. The molecule has 4 rings (SSSR count). The van der Waals surface area contributed by atoms with Gasteiger partial charge in [0, 0.05) is 19.2 Å². The Morgan fingerprint density at radius 1 is 1.31 bits per heavy atom. The maximum absolute atomic E-state index is 12.6. The van der Waals surface area contributed by atoms with Crippen LogP contribution in [0.4, 0.5) is 6.01 Å². The van der Waals surface area contributed by atoms with E-state index in [1.54, 1.807) is 6.92 Å². The van der Waals surface area contributed by atoms with Crippen LogP contribution in [0.5, 0.6) is 0 Å². The number of halogens is 1. The number of carbonyl (C=O) groups is 1. The average Bonchev–Trinajstić information content (AvgIpc) is 3.22. The number of hydrogen-bond donors (Lipinski definition) is 2. The van der Waals surface area contributed by atoms with Crippen LogP contribution in [0.25, 0.3) is 11.6 Å². The number of piperidine rings is 1. The fourth-order valence-corrected chi connectivity index (χ4v) is 3.59. The first-order chi connectivity index (χ1) is 12.5. The van der Waals surface area contributed by atoms with E-state index in [-0.39, 0.29) is 29.1 Å². The van der Waals surface area contributed by atoms with Crippen molar-refractivity contribution in [3.63, 3.8) is 0 Å². The fraction of sp³-hybridized carbons (Fsp3) is 0.529. The Bertz CT molecular complexity index is 879. The van der Waals surface area contributed by atoms with E-state index in [1.165, 1.54) is 25.0 Å². The zero-order valence-corrected chi connectivity index (χ0v) is 15.2. The maximum atomic E-state index is 12.6. The minimum Gasteiger partial charge on any atom is -0.402 e.